The smallest absolute Gasteiger partial charge is 0.364 e. The van der Waals surface area contributed by atoms with Gasteiger partial charge in [-0.1, -0.05) is 42.5 Å². The molecule has 2 saturated heterocycles. The van der Waals surface area contributed by atoms with E-state index >= 15 is 0 Å². The molecular formula is C29H35N2O10PS. The van der Waals surface area contributed by atoms with Gasteiger partial charge in [0.05, 0.1) is 19.3 Å². The highest BCUT2D eigenvalue weighted by molar-refractivity contribution is 8.00. The summed E-state index contributed by atoms with van der Waals surface area (Å²) >= 11 is 1.03. The van der Waals surface area contributed by atoms with E-state index in [0.29, 0.717) is 24.3 Å². The molecule has 0 radical (unpaired) electrons. The summed E-state index contributed by atoms with van der Waals surface area (Å²) in [5, 5.41) is 1.76. The fraction of sp³-hybridized carbons (Fsp3) is 0.448. The van der Waals surface area contributed by atoms with Crippen LogP contribution in [0.25, 0.3) is 0 Å². The zero-order chi connectivity index (χ0) is 31.0. The van der Waals surface area contributed by atoms with Crippen LogP contribution in [0, 0.1) is 0 Å². The van der Waals surface area contributed by atoms with E-state index in [0.717, 1.165) is 42.9 Å². The summed E-state index contributed by atoms with van der Waals surface area (Å²) in [7, 11) is -0.566. The van der Waals surface area contributed by atoms with Gasteiger partial charge in [-0.3, -0.25) is 18.9 Å². The zero-order valence-corrected chi connectivity index (χ0v) is 25.8. The van der Waals surface area contributed by atoms with E-state index in [1.165, 1.54) is 7.11 Å². The molecule has 4 atom stereocenters. The SMILES string of the molecule is COc1ccc(COC(=O)C(N2C(=O)[C@@H](NC(=O)Cc3ccccc3)[C@H]2SCC(=O)C2CCCO2)P(=O)(OC)OC)cc1. The lowest BCUT2D eigenvalue weighted by Crippen LogP contribution is -2.73. The van der Waals surface area contributed by atoms with Crippen LogP contribution in [0.5, 0.6) is 5.75 Å². The van der Waals surface area contributed by atoms with Crippen molar-refractivity contribution in [1.29, 1.82) is 0 Å². The molecule has 2 aromatic carbocycles. The molecule has 2 unspecified atom stereocenters. The maximum absolute atomic E-state index is 13.7. The highest BCUT2D eigenvalue weighted by atomic mass is 32.2. The molecule has 2 aromatic rings. The first-order chi connectivity index (χ1) is 20.7. The quantitative estimate of drug-likeness (QED) is 0.175. The Hall–Kier alpha value is -3.22. The molecule has 2 heterocycles. The summed E-state index contributed by atoms with van der Waals surface area (Å²) in [6.07, 6.45) is 0.809. The van der Waals surface area contributed by atoms with Crippen molar-refractivity contribution in [3.05, 3.63) is 65.7 Å². The number of nitrogens with one attached hydrogen (secondary N) is 1. The average molecular weight is 635 g/mol. The Morgan fingerprint density at radius 3 is 2.35 bits per heavy atom. The van der Waals surface area contributed by atoms with Crippen LogP contribution in [0.2, 0.25) is 0 Å². The van der Waals surface area contributed by atoms with E-state index in [4.69, 9.17) is 23.3 Å². The van der Waals surface area contributed by atoms with Gasteiger partial charge in [0, 0.05) is 20.8 Å². The molecule has 0 bridgehead atoms. The molecular weight excluding hydrogens is 599 g/mol. The number of β-lactam (4-membered cyclic amide) rings is 1. The normalized spacial score (nSPS) is 20.7. The first kappa shape index (κ1) is 32.7. The zero-order valence-electron chi connectivity index (χ0n) is 24.1. The molecule has 2 fully saturated rings. The van der Waals surface area contributed by atoms with Crippen molar-refractivity contribution in [3.63, 3.8) is 0 Å². The molecule has 12 nitrogen and oxygen atoms in total. The molecule has 0 spiro atoms. The number of methoxy groups -OCH3 is 1. The van der Waals surface area contributed by atoms with Crippen LogP contribution >= 0.6 is 19.4 Å². The maximum Gasteiger partial charge on any atom is 0.364 e. The second-order valence-electron chi connectivity index (χ2n) is 9.86. The highest BCUT2D eigenvalue weighted by Crippen LogP contribution is 2.56. The molecule has 2 aliphatic heterocycles. The van der Waals surface area contributed by atoms with E-state index in [-0.39, 0.29) is 24.6 Å². The van der Waals surface area contributed by atoms with Crippen LogP contribution < -0.4 is 10.1 Å². The Balaban J connectivity index is 1.55. The van der Waals surface area contributed by atoms with Crippen LogP contribution in [0.1, 0.15) is 24.0 Å². The number of nitrogens with zero attached hydrogens (tertiary/aromatic N) is 1. The maximum atomic E-state index is 13.7. The minimum Gasteiger partial charge on any atom is -0.497 e. The van der Waals surface area contributed by atoms with Gasteiger partial charge in [-0.15, -0.1) is 11.8 Å². The van der Waals surface area contributed by atoms with Gasteiger partial charge in [-0.2, -0.15) is 0 Å². The summed E-state index contributed by atoms with van der Waals surface area (Å²) in [6, 6.07) is 14.6. The Morgan fingerprint density at radius 1 is 1.05 bits per heavy atom. The number of ketones is 1. The lowest BCUT2D eigenvalue weighted by molar-refractivity contribution is -0.162. The summed E-state index contributed by atoms with van der Waals surface area (Å²) in [5.74, 6) is -3.57. The molecule has 232 valence electrons. The number of rotatable bonds is 15. The summed E-state index contributed by atoms with van der Waals surface area (Å²) in [5.41, 5.74) is 1.36. The van der Waals surface area contributed by atoms with Crippen LogP contribution in [0.4, 0.5) is 0 Å². The van der Waals surface area contributed by atoms with Crippen LogP contribution in [0.15, 0.2) is 54.6 Å². The lowest BCUT2D eigenvalue weighted by atomic mass is 10.1. The lowest BCUT2D eigenvalue weighted by Gasteiger charge is -2.49. The van der Waals surface area contributed by atoms with Crippen LogP contribution in [-0.4, -0.2) is 85.5 Å². The number of hydrogen-bond donors (Lipinski definition) is 1. The minimum atomic E-state index is -4.29. The molecule has 0 aliphatic carbocycles. The third kappa shape index (κ3) is 7.84. The third-order valence-electron chi connectivity index (χ3n) is 7.11. The molecule has 1 N–H and O–H groups in total. The largest absolute Gasteiger partial charge is 0.497 e. The molecule has 2 aliphatic rings. The van der Waals surface area contributed by atoms with Crippen LogP contribution in [0.3, 0.4) is 0 Å². The number of amides is 2. The number of carbonyl (C=O) groups is 4. The topological polar surface area (TPSA) is 147 Å². The second-order valence-corrected chi connectivity index (χ2v) is 13.3. The predicted octanol–water partition coefficient (Wildman–Crippen LogP) is 2.93. The summed E-state index contributed by atoms with van der Waals surface area (Å²) < 4.78 is 40.1. The second kappa shape index (κ2) is 15.0. The van der Waals surface area contributed by atoms with Gasteiger partial charge in [0.2, 0.25) is 17.6 Å². The Morgan fingerprint density at radius 2 is 1.74 bits per heavy atom. The molecule has 4 rings (SSSR count). The molecule has 43 heavy (non-hydrogen) atoms. The van der Waals surface area contributed by atoms with Gasteiger partial charge in [-0.25, -0.2) is 4.79 Å². The molecule has 14 heteroatoms. The Bertz CT molecular complexity index is 1330. The van der Waals surface area contributed by atoms with Gasteiger partial charge < -0.3 is 33.5 Å². The summed E-state index contributed by atoms with van der Waals surface area (Å²) in [6.45, 7) is 0.293. The van der Waals surface area contributed by atoms with Crippen molar-refractivity contribution in [2.75, 3.05) is 33.7 Å². The number of hydrogen-bond acceptors (Lipinski definition) is 11. The number of thioether (sulfide) groups is 1. The van der Waals surface area contributed by atoms with Crippen molar-refractivity contribution in [3.8, 4) is 5.75 Å². The average Bonchev–Trinajstić information content (AvgIpc) is 3.58. The molecule has 0 aromatic heterocycles. The number of likely N-dealkylation sites (tertiary alicyclic amines) is 1. The van der Waals surface area contributed by atoms with Crippen molar-refractivity contribution in [1.82, 2.24) is 10.2 Å². The number of ether oxygens (including phenoxy) is 3. The van der Waals surface area contributed by atoms with Crippen molar-refractivity contribution < 1.29 is 47.0 Å². The van der Waals surface area contributed by atoms with E-state index in [9.17, 15) is 23.7 Å². The van der Waals surface area contributed by atoms with E-state index in [1.807, 2.05) is 6.07 Å². The standard InChI is InChI=1S/C29H35N2O10PS/c1-37-21-13-11-20(12-14-21)17-41-29(35)27(42(36,38-2)39-3)31-26(34)25(30-24(33)16-19-8-5-4-6-9-19)28(31)43-18-22(32)23-10-7-15-40-23/h4-6,8-9,11-14,23,25,27-28H,7,10,15-18H2,1-3H3,(H,30,33)/t23?,25-,27?,28-/m1/s1. The first-order valence-corrected chi connectivity index (χ1v) is 16.3. The fourth-order valence-electron chi connectivity index (χ4n) is 4.77. The van der Waals surface area contributed by atoms with E-state index in [2.05, 4.69) is 5.32 Å². The Kier molecular flexibility index (Phi) is 11.4. The first-order valence-electron chi connectivity index (χ1n) is 13.6. The van der Waals surface area contributed by atoms with Crippen molar-refractivity contribution in [2.24, 2.45) is 0 Å². The van der Waals surface area contributed by atoms with Crippen LogP contribution in [-0.2, 0) is 55.3 Å². The minimum absolute atomic E-state index is 0.0127. The predicted molar refractivity (Wildman–Crippen MR) is 157 cm³/mol. The van der Waals surface area contributed by atoms with Gasteiger partial charge in [-0.05, 0) is 36.1 Å². The van der Waals surface area contributed by atoms with Crippen molar-refractivity contribution in [2.45, 2.75) is 49.2 Å². The van der Waals surface area contributed by atoms with Gasteiger partial charge in [0.1, 0.15) is 29.9 Å². The molecule has 0 saturated carbocycles. The Labute approximate surface area is 254 Å². The summed E-state index contributed by atoms with van der Waals surface area (Å²) in [4.78, 5) is 53.8. The van der Waals surface area contributed by atoms with E-state index in [1.54, 1.807) is 48.5 Å². The van der Waals surface area contributed by atoms with Gasteiger partial charge >= 0.3 is 13.6 Å². The number of benzene rings is 2. The monoisotopic (exact) mass is 634 g/mol. The number of Topliss-reactive ketones (excluding diaryl/α,β-unsaturated/α-hetero) is 1. The van der Waals surface area contributed by atoms with E-state index < -0.39 is 48.7 Å². The van der Waals surface area contributed by atoms with Gasteiger partial charge in [0.25, 0.3) is 0 Å². The fourth-order valence-corrected chi connectivity index (χ4v) is 7.59. The van der Waals surface area contributed by atoms with Gasteiger partial charge in [0.15, 0.2) is 5.78 Å². The molecule has 2 amide bonds. The van der Waals surface area contributed by atoms with Crippen molar-refractivity contribution >= 4 is 42.9 Å². The third-order valence-corrected chi connectivity index (χ3v) is 10.5. The highest BCUT2D eigenvalue weighted by Gasteiger charge is 2.60. The number of esters is 1. The number of carbonyl (C=O) groups excluding carboxylic acids is 4.